The summed E-state index contributed by atoms with van der Waals surface area (Å²) in [6.45, 7) is 0.416. The molecule has 0 amide bonds. The van der Waals surface area contributed by atoms with E-state index in [0.29, 0.717) is 40.4 Å². The third kappa shape index (κ3) is 3.26. The molecular formula is C21H16F2N2O2. The van der Waals surface area contributed by atoms with Crippen LogP contribution in [-0.4, -0.2) is 24.4 Å². The van der Waals surface area contributed by atoms with E-state index >= 15 is 0 Å². The van der Waals surface area contributed by atoms with Crippen LogP contribution >= 0.6 is 0 Å². The normalized spacial score (nSPS) is 15.1. The van der Waals surface area contributed by atoms with Crippen LogP contribution in [0, 0.1) is 11.6 Å². The largest absolute Gasteiger partial charge is 0.497 e. The van der Waals surface area contributed by atoms with E-state index in [2.05, 4.69) is 10.3 Å². The van der Waals surface area contributed by atoms with E-state index in [0.717, 1.165) is 6.07 Å². The first-order valence-corrected chi connectivity index (χ1v) is 8.43. The Morgan fingerprint density at radius 1 is 1.11 bits per heavy atom. The first kappa shape index (κ1) is 17.1. The summed E-state index contributed by atoms with van der Waals surface area (Å²) in [5.74, 6) is -0.603. The minimum atomic E-state index is -0.660. The summed E-state index contributed by atoms with van der Waals surface area (Å²) >= 11 is 0. The molecule has 0 saturated heterocycles. The second kappa shape index (κ2) is 6.79. The zero-order chi connectivity index (χ0) is 19.0. The van der Waals surface area contributed by atoms with Crippen molar-refractivity contribution in [2.75, 3.05) is 19.0 Å². The van der Waals surface area contributed by atoms with E-state index in [9.17, 15) is 13.6 Å². The van der Waals surface area contributed by atoms with Crippen LogP contribution in [-0.2, 0) is 0 Å². The highest BCUT2D eigenvalue weighted by Gasteiger charge is 2.30. The summed E-state index contributed by atoms with van der Waals surface area (Å²) in [5, 5.41) is 3.12. The molecule has 2 heterocycles. The van der Waals surface area contributed by atoms with E-state index in [1.165, 1.54) is 12.1 Å². The zero-order valence-electron chi connectivity index (χ0n) is 14.5. The second-order valence-corrected chi connectivity index (χ2v) is 6.35. The molecule has 1 aliphatic rings. The van der Waals surface area contributed by atoms with Crippen molar-refractivity contribution in [3.05, 3.63) is 77.5 Å². The Balaban J connectivity index is 1.71. The number of Topliss-reactive ketones (excluding diaryl/α,β-unsaturated/α-hetero) is 1. The highest BCUT2D eigenvalue weighted by atomic mass is 19.1. The molecule has 0 aliphatic carbocycles. The highest BCUT2D eigenvalue weighted by molar-refractivity contribution is 6.03. The first-order valence-electron chi connectivity index (χ1n) is 8.43. The van der Waals surface area contributed by atoms with Gasteiger partial charge in [0.25, 0.3) is 0 Å². The highest BCUT2D eigenvalue weighted by Crippen LogP contribution is 2.35. The van der Waals surface area contributed by atoms with Gasteiger partial charge in [0.05, 0.1) is 13.0 Å². The number of benzene rings is 2. The predicted octanol–water partition coefficient (Wildman–Crippen LogP) is 4.43. The molecule has 2 aromatic carbocycles. The van der Waals surface area contributed by atoms with Gasteiger partial charge in [-0.2, -0.15) is 0 Å². The van der Waals surface area contributed by atoms with E-state index in [1.54, 1.807) is 43.6 Å². The fourth-order valence-electron chi connectivity index (χ4n) is 3.29. The Hall–Kier alpha value is -3.28. The minimum Gasteiger partial charge on any atom is -0.497 e. The van der Waals surface area contributed by atoms with E-state index < -0.39 is 17.6 Å². The fraction of sp³-hybridized carbons (Fsp3) is 0.143. The van der Waals surface area contributed by atoms with Crippen LogP contribution in [0.5, 0.6) is 5.75 Å². The molecule has 1 aliphatic heterocycles. The van der Waals surface area contributed by atoms with Gasteiger partial charge in [-0.25, -0.2) is 13.8 Å². The molecule has 4 rings (SSSR count). The van der Waals surface area contributed by atoms with E-state index in [-0.39, 0.29) is 5.78 Å². The summed E-state index contributed by atoms with van der Waals surface area (Å²) < 4.78 is 32.3. The number of hydrogen-bond donors (Lipinski definition) is 1. The molecule has 0 radical (unpaired) electrons. The van der Waals surface area contributed by atoms with Crippen molar-refractivity contribution in [2.45, 2.75) is 5.92 Å². The number of ketones is 1. The van der Waals surface area contributed by atoms with Crippen LogP contribution in [0.25, 0.3) is 11.1 Å². The van der Waals surface area contributed by atoms with Gasteiger partial charge in [-0.3, -0.25) is 4.79 Å². The first-order chi connectivity index (χ1) is 13.0. The van der Waals surface area contributed by atoms with Gasteiger partial charge in [-0.1, -0.05) is 12.1 Å². The van der Waals surface area contributed by atoms with Gasteiger partial charge in [0.1, 0.15) is 23.2 Å². The zero-order valence-corrected chi connectivity index (χ0v) is 14.5. The fourth-order valence-corrected chi connectivity index (χ4v) is 3.29. The van der Waals surface area contributed by atoms with Crippen LogP contribution in [0.4, 0.5) is 14.6 Å². The maximum absolute atomic E-state index is 13.5. The number of ether oxygens (including phenoxy) is 1. The SMILES string of the molecule is COc1cccc(C(=O)C2CNc3ncc(-c4cc(F)cc(F)c4)cc32)c1. The van der Waals surface area contributed by atoms with Gasteiger partial charge in [0.2, 0.25) is 0 Å². The molecule has 1 unspecified atom stereocenters. The third-order valence-electron chi connectivity index (χ3n) is 4.63. The van der Waals surface area contributed by atoms with Gasteiger partial charge in [0.15, 0.2) is 5.78 Å². The van der Waals surface area contributed by atoms with Crippen molar-refractivity contribution >= 4 is 11.6 Å². The molecule has 0 saturated carbocycles. The van der Waals surface area contributed by atoms with Crippen molar-refractivity contribution in [2.24, 2.45) is 0 Å². The quantitative estimate of drug-likeness (QED) is 0.694. The minimum absolute atomic E-state index is 0.0653. The molecule has 27 heavy (non-hydrogen) atoms. The maximum atomic E-state index is 13.5. The number of carbonyl (C=O) groups is 1. The van der Waals surface area contributed by atoms with Crippen LogP contribution in [0.2, 0.25) is 0 Å². The number of carbonyl (C=O) groups excluding carboxylic acids is 1. The average molecular weight is 366 g/mol. The molecule has 136 valence electrons. The van der Waals surface area contributed by atoms with Gasteiger partial charge in [0, 0.05) is 35.5 Å². The summed E-state index contributed by atoms with van der Waals surface area (Å²) in [7, 11) is 1.55. The van der Waals surface area contributed by atoms with E-state index in [4.69, 9.17) is 4.74 Å². The Kier molecular flexibility index (Phi) is 4.32. The number of nitrogens with one attached hydrogen (secondary N) is 1. The number of nitrogens with zero attached hydrogens (tertiary/aromatic N) is 1. The van der Waals surface area contributed by atoms with Crippen molar-refractivity contribution in [3.8, 4) is 16.9 Å². The average Bonchev–Trinajstić information content (AvgIpc) is 3.10. The summed E-state index contributed by atoms with van der Waals surface area (Å²) in [6.07, 6.45) is 1.54. The molecule has 3 aromatic rings. The molecule has 0 fully saturated rings. The van der Waals surface area contributed by atoms with Crippen LogP contribution in [0.1, 0.15) is 21.8 Å². The topological polar surface area (TPSA) is 51.2 Å². The number of anilines is 1. The smallest absolute Gasteiger partial charge is 0.172 e. The van der Waals surface area contributed by atoms with Crippen LogP contribution < -0.4 is 10.1 Å². The number of pyridine rings is 1. The van der Waals surface area contributed by atoms with Gasteiger partial charge >= 0.3 is 0 Å². The monoisotopic (exact) mass is 366 g/mol. The Labute approximate surface area is 154 Å². The molecule has 4 nitrogen and oxygen atoms in total. The number of halogens is 2. The number of hydrogen-bond acceptors (Lipinski definition) is 4. The standard InChI is InChI=1S/C21H16F2N2O2/c1-27-17-4-2-3-12(7-17)20(26)19-11-25-21-18(19)8-14(10-24-21)13-5-15(22)9-16(23)6-13/h2-10,19H,11H2,1H3,(H,24,25). The van der Waals surface area contributed by atoms with E-state index in [1.807, 2.05) is 0 Å². The molecule has 0 bridgehead atoms. The van der Waals surface area contributed by atoms with Gasteiger partial charge in [-0.15, -0.1) is 0 Å². The molecule has 6 heteroatoms. The second-order valence-electron chi connectivity index (χ2n) is 6.35. The number of aromatic nitrogens is 1. The Bertz CT molecular complexity index is 1020. The van der Waals surface area contributed by atoms with Gasteiger partial charge in [-0.05, 0) is 35.9 Å². The van der Waals surface area contributed by atoms with Crippen LogP contribution in [0.15, 0.2) is 54.7 Å². The number of fused-ring (bicyclic) bond motifs is 1. The van der Waals surface area contributed by atoms with Crippen molar-refractivity contribution in [1.29, 1.82) is 0 Å². The predicted molar refractivity (Wildman–Crippen MR) is 98.1 cm³/mol. The lowest BCUT2D eigenvalue weighted by molar-refractivity contribution is 0.0966. The summed E-state index contributed by atoms with van der Waals surface area (Å²) in [6, 6.07) is 12.0. The van der Waals surface area contributed by atoms with Crippen molar-refractivity contribution in [1.82, 2.24) is 4.98 Å². The number of methoxy groups -OCH3 is 1. The van der Waals surface area contributed by atoms with Gasteiger partial charge < -0.3 is 10.1 Å². The Morgan fingerprint density at radius 2 is 1.89 bits per heavy atom. The lowest BCUT2D eigenvalue weighted by atomic mass is 9.91. The lowest BCUT2D eigenvalue weighted by Crippen LogP contribution is -2.15. The number of rotatable bonds is 4. The molecule has 1 N–H and O–H groups in total. The Morgan fingerprint density at radius 3 is 2.63 bits per heavy atom. The molecular weight excluding hydrogens is 350 g/mol. The van der Waals surface area contributed by atoms with Crippen LogP contribution in [0.3, 0.4) is 0 Å². The van der Waals surface area contributed by atoms with Crippen molar-refractivity contribution < 1.29 is 18.3 Å². The maximum Gasteiger partial charge on any atom is 0.172 e. The van der Waals surface area contributed by atoms with Crippen molar-refractivity contribution in [3.63, 3.8) is 0 Å². The summed E-state index contributed by atoms with van der Waals surface area (Å²) in [4.78, 5) is 17.3. The third-order valence-corrected chi connectivity index (χ3v) is 4.63. The molecule has 0 spiro atoms. The molecule has 1 aromatic heterocycles. The summed E-state index contributed by atoms with van der Waals surface area (Å²) in [5.41, 5.74) is 2.18. The molecule has 1 atom stereocenters. The lowest BCUT2D eigenvalue weighted by Gasteiger charge is -2.11.